The van der Waals surface area contributed by atoms with Gasteiger partial charge in [-0.05, 0) is 24.6 Å². The molecular formula is C12H14FNO5S. The predicted octanol–water partition coefficient (Wildman–Crippen LogP) is 0.608. The van der Waals surface area contributed by atoms with E-state index in [2.05, 4.69) is 0 Å². The fraction of sp³-hybridized carbons (Fsp3) is 0.417. The van der Waals surface area contributed by atoms with Crippen LogP contribution in [0.4, 0.5) is 4.39 Å². The molecule has 110 valence electrons. The van der Waals surface area contributed by atoms with E-state index in [-0.39, 0.29) is 24.6 Å². The van der Waals surface area contributed by atoms with Crippen molar-refractivity contribution in [2.75, 3.05) is 19.7 Å². The Kier molecular flexibility index (Phi) is 4.07. The SMILES string of the molecule is Cc1ccc(F)cc1S(=O)(=O)N1CCOC(C(=O)O)C1. The molecule has 1 aromatic carbocycles. The number of aliphatic carboxylic acids is 1. The molecule has 0 spiro atoms. The molecule has 1 aliphatic heterocycles. The van der Waals surface area contributed by atoms with Crippen LogP contribution in [0.5, 0.6) is 0 Å². The van der Waals surface area contributed by atoms with Crippen LogP contribution < -0.4 is 0 Å². The summed E-state index contributed by atoms with van der Waals surface area (Å²) in [5, 5.41) is 8.88. The number of rotatable bonds is 3. The number of ether oxygens (including phenoxy) is 1. The largest absolute Gasteiger partial charge is 0.479 e. The van der Waals surface area contributed by atoms with Crippen LogP contribution in [0.3, 0.4) is 0 Å². The highest BCUT2D eigenvalue weighted by atomic mass is 32.2. The number of carboxylic acid groups (broad SMARTS) is 1. The molecule has 2 rings (SSSR count). The second kappa shape index (κ2) is 5.47. The quantitative estimate of drug-likeness (QED) is 0.884. The molecule has 0 amide bonds. The second-order valence-electron chi connectivity index (χ2n) is 4.47. The van der Waals surface area contributed by atoms with Crippen LogP contribution in [0.2, 0.25) is 0 Å². The minimum atomic E-state index is -3.93. The number of morpholine rings is 1. The summed E-state index contributed by atoms with van der Waals surface area (Å²) in [5.74, 6) is -1.88. The van der Waals surface area contributed by atoms with Crippen LogP contribution in [0.25, 0.3) is 0 Å². The lowest BCUT2D eigenvalue weighted by molar-refractivity contribution is -0.153. The van der Waals surface area contributed by atoms with E-state index in [1.807, 2.05) is 0 Å². The maximum absolute atomic E-state index is 13.2. The number of carbonyl (C=O) groups is 1. The summed E-state index contributed by atoms with van der Waals surface area (Å²) in [6.45, 7) is 1.31. The summed E-state index contributed by atoms with van der Waals surface area (Å²) in [5.41, 5.74) is 0.407. The first kappa shape index (κ1) is 14.9. The normalized spacial score (nSPS) is 20.8. The number of benzene rings is 1. The fourth-order valence-corrected chi connectivity index (χ4v) is 3.65. The molecule has 1 heterocycles. The molecule has 1 unspecified atom stereocenters. The number of halogens is 1. The van der Waals surface area contributed by atoms with Crippen LogP contribution in [0.1, 0.15) is 5.56 Å². The van der Waals surface area contributed by atoms with Crippen molar-refractivity contribution in [3.63, 3.8) is 0 Å². The van der Waals surface area contributed by atoms with E-state index in [0.717, 1.165) is 10.4 Å². The van der Waals surface area contributed by atoms with Gasteiger partial charge in [-0.15, -0.1) is 0 Å². The standard InChI is InChI=1S/C12H14FNO5S/c1-8-2-3-9(13)6-11(8)20(17,18)14-4-5-19-10(7-14)12(15)16/h2-3,6,10H,4-5,7H2,1H3,(H,15,16). The molecule has 1 atom stereocenters. The minimum Gasteiger partial charge on any atom is -0.479 e. The Balaban J connectivity index is 2.35. The molecule has 1 aliphatic rings. The Morgan fingerprint density at radius 3 is 2.85 bits per heavy atom. The van der Waals surface area contributed by atoms with Gasteiger partial charge in [0.05, 0.1) is 18.0 Å². The van der Waals surface area contributed by atoms with Gasteiger partial charge in [-0.25, -0.2) is 17.6 Å². The van der Waals surface area contributed by atoms with E-state index in [1.54, 1.807) is 6.92 Å². The van der Waals surface area contributed by atoms with Gasteiger partial charge >= 0.3 is 5.97 Å². The minimum absolute atomic E-state index is 0.00937. The first-order valence-corrected chi connectivity index (χ1v) is 7.37. The molecule has 1 N–H and O–H groups in total. The summed E-state index contributed by atoms with van der Waals surface area (Å²) in [6.07, 6.45) is -1.20. The summed E-state index contributed by atoms with van der Waals surface area (Å²) < 4.78 is 44.1. The van der Waals surface area contributed by atoms with E-state index in [4.69, 9.17) is 9.84 Å². The smallest absolute Gasteiger partial charge is 0.334 e. The first-order chi connectivity index (χ1) is 9.32. The summed E-state index contributed by atoms with van der Waals surface area (Å²) in [7, 11) is -3.93. The molecular weight excluding hydrogens is 289 g/mol. The van der Waals surface area contributed by atoms with Gasteiger partial charge in [-0.3, -0.25) is 0 Å². The number of carboxylic acids is 1. The van der Waals surface area contributed by atoms with Crippen molar-refractivity contribution in [1.82, 2.24) is 4.31 Å². The van der Waals surface area contributed by atoms with Gasteiger partial charge in [0.1, 0.15) is 5.82 Å². The third-order valence-corrected chi connectivity index (χ3v) is 5.08. The van der Waals surface area contributed by atoms with Crippen LogP contribution in [-0.4, -0.2) is 49.6 Å². The van der Waals surface area contributed by atoms with Crippen LogP contribution in [0.15, 0.2) is 23.1 Å². The maximum atomic E-state index is 13.2. The van der Waals surface area contributed by atoms with E-state index in [0.29, 0.717) is 5.56 Å². The molecule has 0 aromatic heterocycles. The van der Waals surface area contributed by atoms with E-state index in [9.17, 15) is 17.6 Å². The lowest BCUT2D eigenvalue weighted by Gasteiger charge is -2.30. The summed E-state index contributed by atoms with van der Waals surface area (Å²) in [4.78, 5) is 10.7. The molecule has 0 aliphatic carbocycles. The average molecular weight is 303 g/mol. The van der Waals surface area contributed by atoms with Crippen molar-refractivity contribution in [3.05, 3.63) is 29.6 Å². The molecule has 1 fully saturated rings. The van der Waals surface area contributed by atoms with Crippen molar-refractivity contribution < 1.29 is 27.4 Å². The van der Waals surface area contributed by atoms with Gasteiger partial charge in [0.2, 0.25) is 10.0 Å². The Labute approximate surface area is 115 Å². The third kappa shape index (κ3) is 2.82. The molecule has 1 saturated heterocycles. The number of nitrogens with zero attached hydrogens (tertiary/aromatic N) is 1. The Hall–Kier alpha value is -1.51. The predicted molar refractivity (Wildman–Crippen MR) is 67.3 cm³/mol. The number of sulfonamides is 1. The van der Waals surface area contributed by atoms with Gasteiger partial charge in [0.15, 0.2) is 6.10 Å². The lowest BCUT2D eigenvalue weighted by Crippen LogP contribution is -2.48. The van der Waals surface area contributed by atoms with E-state index < -0.39 is 27.9 Å². The van der Waals surface area contributed by atoms with Gasteiger partial charge < -0.3 is 9.84 Å². The summed E-state index contributed by atoms with van der Waals surface area (Å²) in [6, 6.07) is 3.49. The molecule has 20 heavy (non-hydrogen) atoms. The van der Waals surface area contributed by atoms with Crippen molar-refractivity contribution >= 4 is 16.0 Å². The van der Waals surface area contributed by atoms with E-state index >= 15 is 0 Å². The first-order valence-electron chi connectivity index (χ1n) is 5.93. The van der Waals surface area contributed by atoms with E-state index in [1.165, 1.54) is 12.1 Å². The third-order valence-electron chi connectivity index (χ3n) is 3.07. The number of hydrogen-bond donors (Lipinski definition) is 1. The topological polar surface area (TPSA) is 83.9 Å². The molecule has 8 heteroatoms. The van der Waals surface area contributed by atoms with Gasteiger partial charge in [-0.2, -0.15) is 4.31 Å². The highest BCUT2D eigenvalue weighted by Gasteiger charge is 2.34. The fourth-order valence-electron chi connectivity index (χ4n) is 1.98. The second-order valence-corrected chi connectivity index (χ2v) is 6.38. The highest BCUT2D eigenvalue weighted by molar-refractivity contribution is 7.89. The van der Waals surface area contributed by atoms with Gasteiger partial charge in [0, 0.05) is 6.54 Å². The zero-order valence-electron chi connectivity index (χ0n) is 10.7. The van der Waals surface area contributed by atoms with Crippen LogP contribution in [-0.2, 0) is 19.6 Å². The van der Waals surface area contributed by atoms with Crippen molar-refractivity contribution in [2.24, 2.45) is 0 Å². The number of hydrogen-bond acceptors (Lipinski definition) is 4. The molecule has 0 saturated carbocycles. The van der Waals surface area contributed by atoms with Crippen molar-refractivity contribution in [1.29, 1.82) is 0 Å². The zero-order chi connectivity index (χ0) is 14.9. The zero-order valence-corrected chi connectivity index (χ0v) is 11.6. The average Bonchev–Trinajstić information content (AvgIpc) is 2.41. The molecule has 0 radical (unpaired) electrons. The maximum Gasteiger partial charge on any atom is 0.334 e. The molecule has 0 bridgehead atoms. The highest BCUT2D eigenvalue weighted by Crippen LogP contribution is 2.22. The monoisotopic (exact) mass is 303 g/mol. The Morgan fingerprint density at radius 1 is 1.50 bits per heavy atom. The van der Waals surface area contributed by atoms with Crippen molar-refractivity contribution in [3.8, 4) is 0 Å². The van der Waals surface area contributed by atoms with Crippen molar-refractivity contribution in [2.45, 2.75) is 17.9 Å². The molecule has 6 nitrogen and oxygen atoms in total. The van der Waals surface area contributed by atoms with Crippen LogP contribution in [0, 0.1) is 12.7 Å². The molecule has 1 aromatic rings. The van der Waals surface area contributed by atoms with Crippen LogP contribution >= 0.6 is 0 Å². The van der Waals surface area contributed by atoms with Gasteiger partial charge in [-0.1, -0.05) is 6.07 Å². The Bertz CT molecular complexity index is 631. The summed E-state index contributed by atoms with van der Waals surface area (Å²) >= 11 is 0. The number of aryl methyl sites for hydroxylation is 1. The Morgan fingerprint density at radius 2 is 2.20 bits per heavy atom. The lowest BCUT2D eigenvalue weighted by atomic mass is 10.2. The van der Waals surface area contributed by atoms with Gasteiger partial charge in [0.25, 0.3) is 0 Å².